The number of nitrogens with zero attached hydrogens (tertiary/aromatic N) is 2. The third kappa shape index (κ3) is 3.01. The summed E-state index contributed by atoms with van der Waals surface area (Å²) in [6.45, 7) is 0. The zero-order chi connectivity index (χ0) is 17.9. The monoisotopic (exact) mass is 341 g/mol. The molecule has 126 valence electrons. The summed E-state index contributed by atoms with van der Waals surface area (Å²) >= 11 is 0. The van der Waals surface area contributed by atoms with E-state index in [1.54, 1.807) is 24.5 Å². The van der Waals surface area contributed by atoms with Crippen LogP contribution in [0, 0.1) is 11.3 Å². The molecule has 5 nitrogen and oxygen atoms in total. The third-order valence-corrected chi connectivity index (χ3v) is 4.40. The van der Waals surface area contributed by atoms with Gasteiger partial charge in [0.1, 0.15) is 6.04 Å². The molecule has 1 fully saturated rings. The Morgan fingerprint density at radius 1 is 0.962 bits per heavy atom. The van der Waals surface area contributed by atoms with Crippen molar-refractivity contribution in [3.8, 4) is 17.2 Å². The quantitative estimate of drug-likeness (QED) is 0.777. The predicted octanol–water partition coefficient (Wildman–Crippen LogP) is 4.14. The number of nitrogens with one attached hydrogen (secondary N) is 1. The normalized spacial score (nSPS) is 18.7. The van der Waals surface area contributed by atoms with Crippen LogP contribution in [0.4, 0.5) is 4.79 Å². The van der Waals surface area contributed by atoms with Crippen LogP contribution in [0.5, 0.6) is 0 Å². The van der Waals surface area contributed by atoms with Gasteiger partial charge in [-0.1, -0.05) is 42.5 Å². The smallest absolute Gasteiger partial charge is 0.408 e. The topological polar surface area (TPSA) is 75.0 Å². The van der Waals surface area contributed by atoms with E-state index in [4.69, 9.17) is 10.00 Å². The molecule has 5 heteroatoms. The summed E-state index contributed by atoms with van der Waals surface area (Å²) in [6, 6.07) is 20.8. The molecule has 2 atom stereocenters. The van der Waals surface area contributed by atoms with Crippen molar-refractivity contribution in [3.05, 3.63) is 89.7 Å². The van der Waals surface area contributed by atoms with Crippen LogP contribution in [0.15, 0.2) is 73.1 Å². The molecule has 0 saturated carbocycles. The van der Waals surface area contributed by atoms with E-state index in [0.29, 0.717) is 5.56 Å². The van der Waals surface area contributed by atoms with Crippen LogP contribution in [0.25, 0.3) is 11.1 Å². The minimum absolute atomic E-state index is 0.341. The molecule has 1 aromatic heterocycles. The van der Waals surface area contributed by atoms with Crippen LogP contribution in [0.1, 0.15) is 28.8 Å². The fraction of sp³-hybridized carbons (Fsp3) is 0.0952. The van der Waals surface area contributed by atoms with Gasteiger partial charge in [0.15, 0.2) is 6.10 Å². The SMILES string of the molecule is N#Cc1ccc([C@H]2OC(=O)N[C@@H]2c2cncc(-c3ccccc3)c2)cc1. The first-order valence-corrected chi connectivity index (χ1v) is 8.22. The lowest BCUT2D eigenvalue weighted by Gasteiger charge is -2.18. The van der Waals surface area contributed by atoms with Crippen molar-refractivity contribution >= 4 is 6.09 Å². The molecule has 0 radical (unpaired) electrons. The van der Waals surface area contributed by atoms with Crippen LogP contribution in [0.3, 0.4) is 0 Å². The van der Waals surface area contributed by atoms with E-state index < -0.39 is 12.2 Å². The lowest BCUT2D eigenvalue weighted by molar-refractivity contribution is 0.132. The van der Waals surface area contributed by atoms with Gasteiger partial charge in [0.05, 0.1) is 11.6 Å². The highest BCUT2D eigenvalue weighted by atomic mass is 16.6. The zero-order valence-electron chi connectivity index (χ0n) is 13.8. The second kappa shape index (κ2) is 6.69. The highest BCUT2D eigenvalue weighted by Gasteiger charge is 2.36. The summed E-state index contributed by atoms with van der Waals surface area (Å²) in [5.74, 6) is 0. The average molecular weight is 341 g/mol. The van der Waals surface area contributed by atoms with Crippen LogP contribution < -0.4 is 5.32 Å². The maximum absolute atomic E-state index is 11.9. The van der Waals surface area contributed by atoms with Gasteiger partial charge in [0, 0.05) is 18.0 Å². The minimum atomic E-state index is -0.469. The largest absolute Gasteiger partial charge is 0.439 e. The number of carbonyl (C=O) groups excluding carboxylic acids is 1. The number of benzene rings is 2. The Morgan fingerprint density at radius 3 is 2.46 bits per heavy atom. The fourth-order valence-electron chi connectivity index (χ4n) is 3.10. The first kappa shape index (κ1) is 15.9. The van der Waals surface area contributed by atoms with E-state index in [9.17, 15) is 4.79 Å². The number of amides is 1. The zero-order valence-corrected chi connectivity index (χ0v) is 13.8. The van der Waals surface area contributed by atoms with Crippen LogP contribution >= 0.6 is 0 Å². The molecule has 0 spiro atoms. The van der Waals surface area contributed by atoms with Crippen LogP contribution in [0.2, 0.25) is 0 Å². The number of pyridine rings is 1. The first-order valence-electron chi connectivity index (χ1n) is 8.22. The van der Waals surface area contributed by atoms with Gasteiger partial charge in [0.2, 0.25) is 0 Å². The first-order chi connectivity index (χ1) is 12.7. The molecule has 2 heterocycles. The summed E-state index contributed by atoms with van der Waals surface area (Å²) < 4.78 is 5.47. The van der Waals surface area contributed by atoms with Gasteiger partial charge in [-0.25, -0.2) is 4.79 Å². The molecule has 3 aromatic rings. The Balaban J connectivity index is 1.69. The van der Waals surface area contributed by atoms with Crippen molar-refractivity contribution < 1.29 is 9.53 Å². The number of rotatable bonds is 3. The Bertz CT molecular complexity index is 978. The number of cyclic esters (lactones) is 1. The van der Waals surface area contributed by atoms with Gasteiger partial charge in [-0.3, -0.25) is 4.98 Å². The highest BCUT2D eigenvalue weighted by molar-refractivity contribution is 5.72. The summed E-state index contributed by atoms with van der Waals surface area (Å²) in [7, 11) is 0. The second-order valence-electron chi connectivity index (χ2n) is 6.05. The fourth-order valence-corrected chi connectivity index (χ4v) is 3.10. The van der Waals surface area contributed by atoms with E-state index >= 15 is 0 Å². The summed E-state index contributed by atoms with van der Waals surface area (Å²) in [4.78, 5) is 16.2. The number of ether oxygens (including phenoxy) is 1. The molecular formula is C21H15N3O2. The molecule has 4 rings (SSSR count). The summed E-state index contributed by atoms with van der Waals surface area (Å²) in [6.07, 6.45) is 2.60. The Morgan fingerprint density at radius 2 is 1.73 bits per heavy atom. The average Bonchev–Trinajstić information content (AvgIpc) is 3.10. The standard InChI is InChI=1S/C21H15N3O2/c22-11-14-6-8-16(9-7-14)20-19(24-21(25)26-20)18-10-17(12-23-13-18)15-4-2-1-3-5-15/h1-10,12-13,19-20H,(H,24,25)/t19-,20-/m1/s1. The Kier molecular flexibility index (Phi) is 4.08. The van der Waals surface area contributed by atoms with Crippen molar-refractivity contribution in [2.45, 2.75) is 12.1 Å². The van der Waals surface area contributed by atoms with E-state index in [-0.39, 0.29) is 6.04 Å². The van der Waals surface area contributed by atoms with Crippen molar-refractivity contribution in [2.24, 2.45) is 0 Å². The Hall–Kier alpha value is -3.65. The molecule has 1 N–H and O–H groups in total. The maximum atomic E-state index is 11.9. The minimum Gasteiger partial charge on any atom is -0.439 e. The molecule has 0 aliphatic carbocycles. The van der Waals surface area contributed by atoms with E-state index in [2.05, 4.69) is 16.4 Å². The number of alkyl carbamates (subject to hydrolysis) is 1. The number of hydrogen-bond donors (Lipinski definition) is 1. The molecule has 1 amide bonds. The van der Waals surface area contributed by atoms with Crippen LogP contribution in [-0.2, 0) is 4.74 Å². The van der Waals surface area contributed by atoms with Crippen molar-refractivity contribution in [1.82, 2.24) is 10.3 Å². The van der Waals surface area contributed by atoms with Crippen molar-refractivity contribution in [2.75, 3.05) is 0 Å². The van der Waals surface area contributed by atoms with Gasteiger partial charge in [-0.05, 0) is 34.9 Å². The number of carbonyl (C=O) groups is 1. The highest BCUT2D eigenvalue weighted by Crippen LogP contribution is 2.37. The maximum Gasteiger partial charge on any atom is 0.408 e. The van der Waals surface area contributed by atoms with Gasteiger partial charge in [-0.15, -0.1) is 0 Å². The number of nitriles is 1. The number of hydrogen-bond acceptors (Lipinski definition) is 4. The molecule has 1 aliphatic rings. The van der Waals surface area contributed by atoms with Gasteiger partial charge < -0.3 is 10.1 Å². The molecule has 2 aromatic carbocycles. The van der Waals surface area contributed by atoms with E-state index in [0.717, 1.165) is 22.3 Å². The van der Waals surface area contributed by atoms with Gasteiger partial charge in [-0.2, -0.15) is 5.26 Å². The van der Waals surface area contributed by atoms with Crippen LogP contribution in [-0.4, -0.2) is 11.1 Å². The Labute approximate surface area is 150 Å². The van der Waals surface area contributed by atoms with E-state index in [1.165, 1.54) is 0 Å². The molecular weight excluding hydrogens is 326 g/mol. The van der Waals surface area contributed by atoms with E-state index in [1.807, 2.05) is 48.5 Å². The second-order valence-corrected chi connectivity index (χ2v) is 6.05. The molecule has 0 bridgehead atoms. The lowest BCUT2D eigenvalue weighted by Crippen LogP contribution is -2.19. The summed E-state index contributed by atoms with van der Waals surface area (Å²) in [5.41, 5.74) is 4.30. The molecule has 1 saturated heterocycles. The van der Waals surface area contributed by atoms with Crippen molar-refractivity contribution in [3.63, 3.8) is 0 Å². The predicted molar refractivity (Wildman–Crippen MR) is 95.9 cm³/mol. The molecule has 26 heavy (non-hydrogen) atoms. The number of aromatic nitrogens is 1. The summed E-state index contributed by atoms with van der Waals surface area (Å²) in [5, 5.41) is 11.8. The molecule has 0 unspecified atom stereocenters. The van der Waals surface area contributed by atoms with Gasteiger partial charge in [0.25, 0.3) is 0 Å². The third-order valence-electron chi connectivity index (χ3n) is 4.40. The molecule has 1 aliphatic heterocycles. The lowest BCUT2D eigenvalue weighted by atomic mass is 9.95. The van der Waals surface area contributed by atoms with Crippen molar-refractivity contribution in [1.29, 1.82) is 5.26 Å². The van der Waals surface area contributed by atoms with Gasteiger partial charge >= 0.3 is 6.09 Å².